The monoisotopic (exact) mass is 349 g/mol. The maximum atomic E-state index is 12.7. The van der Waals surface area contributed by atoms with Crippen molar-refractivity contribution in [1.82, 2.24) is 4.90 Å². The Labute approximate surface area is 149 Å². The Hall–Kier alpha value is -2.08. The molecule has 0 radical (unpaired) electrons. The molecule has 2 rings (SSSR count). The largest absolute Gasteiger partial charge is 0.497 e. The van der Waals surface area contributed by atoms with E-state index in [0.717, 1.165) is 30.8 Å². The van der Waals surface area contributed by atoms with Gasteiger partial charge in [0.15, 0.2) is 0 Å². The van der Waals surface area contributed by atoms with Crippen LogP contribution in [0.1, 0.15) is 31.7 Å². The summed E-state index contributed by atoms with van der Waals surface area (Å²) in [4.78, 5) is 26.1. The predicted octanol–water partition coefficient (Wildman–Crippen LogP) is 2.20. The van der Waals surface area contributed by atoms with Gasteiger partial charge in [0, 0.05) is 19.7 Å². The average Bonchev–Trinajstić information content (AvgIpc) is 3.12. The molecule has 0 saturated carbocycles. The summed E-state index contributed by atoms with van der Waals surface area (Å²) in [6.07, 6.45) is 2.52. The number of benzene rings is 1. The Kier molecular flexibility index (Phi) is 7.73. The Bertz CT molecular complexity index is 551. The first-order chi connectivity index (χ1) is 12.1. The van der Waals surface area contributed by atoms with Gasteiger partial charge >= 0.3 is 5.97 Å². The third kappa shape index (κ3) is 6.38. The zero-order valence-corrected chi connectivity index (χ0v) is 15.0. The third-order valence-corrected chi connectivity index (χ3v) is 4.21. The molecule has 0 aliphatic carbocycles. The number of rotatable bonds is 9. The average molecular weight is 349 g/mol. The molecule has 1 unspecified atom stereocenters. The Balaban J connectivity index is 1.95. The summed E-state index contributed by atoms with van der Waals surface area (Å²) in [5.41, 5.74) is 0.916. The van der Waals surface area contributed by atoms with Crippen LogP contribution < -0.4 is 4.74 Å². The minimum atomic E-state index is -0.280. The van der Waals surface area contributed by atoms with Crippen molar-refractivity contribution >= 4 is 11.9 Å². The van der Waals surface area contributed by atoms with Crippen LogP contribution in [0.3, 0.4) is 0 Å². The fraction of sp³-hybridized carbons (Fsp3) is 0.579. The van der Waals surface area contributed by atoms with Crippen LogP contribution >= 0.6 is 0 Å². The van der Waals surface area contributed by atoms with Crippen LogP contribution in [0.4, 0.5) is 0 Å². The van der Waals surface area contributed by atoms with Gasteiger partial charge in [0.2, 0.25) is 5.91 Å². The smallest absolute Gasteiger partial charge is 0.307 e. The first-order valence-electron chi connectivity index (χ1n) is 8.80. The van der Waals surface area contributed by atoms with Crippen molar-refractivity contribution < 1.29 is 23.8 Å². The second-order valence-corrected chi connectivity index (χ2v) is 6.05. The fourth-order valence-corrected chi connectivity index (χ4v) is 2.84. The van der Waals surface area contributed by atoms with Gasteiger partial charge in [-0.25, -0.2) is 0 Å². The number of amides is 1. The molecule has 1 aliphatic rings. The van der Waals surface area contributed by atoms with E-state index in [0.29, 0.717) is 26.1 Å². The van der Waals surface area contributed by atoms with Gasteiger partial charge in [-0.1, -0.05) is 12.1 Å². The highest BCUT2D eigenvalue weighted by atomic mass is 16.5. The zero-order chi connectivity index (χ0) is 18.1. The Morgan fingerprint density at radius 2 is 2.04 bits per heavy atom. The van der Waals surface area contributed by atoms with Gasteiger partial charge in [0.1, 0.15) is 5.75 Å². The molecule has 1 heterocycles. The van der Waals surface area contributed by atoms with Crippen LogP contribution in [-0.2, 0) is 25.5 Å². The molecular formula is C19H27NO5. The Morgan fingerprint density at radius 1 is 1.28 bits per heavy atom. The van der Waals surface area contributed by atoms with Gasteiger partial charge in [-0.2, -0.15) is 0 Å². The molecule has 1 aliphatic heterocycles. The van der Waals surface area contributed by atoms with E-state index in [9.17, 15) is 9.59 Å². The van der Waals surface area contributed by atoms with E-state index in [2.05, 4.69) is 0 Å². The van der Waals surface area contributed by atoms with Crippen molar-refractivity contribution in [3.8, 4) is 5.75 Å². The number of ether oxygens (including phenoxy) is 3. The molecule has 1 aromatic carbocycles. The summed E-state index contributed by atoms with van der Waals surface area (Å²) in [7, 11) is 1.61. The lowest BCUT2D eigenvalue weighted by Gasteiger charge is -2.25. The molecule has 25 heavy (non-hydrogen) atoms. The molecule has 0 N–H and O–H groups in total. The lowest BCUT2D eigenvalue weighted by molar-refractivity contribution is -0.144. The number of carbonyl (C=O) groups is 2. The molecule has 1 atom stereocenters. The molecule has 0 aromatic heterocycles. The minimum absolute atomic E-state index is 0.00929. The van der Waals surface area contributed by atoms with E-state index in [1.54, 1.807) is 18.9 Å². The van der Waals surface area contributed by atoms with Crippen LogP contribution in [-0.4, -0.2) is 56.3 Å². The van der Waals surface area contributed by atoms with Crippen molar-refractivity contribution in [2.24, 2.45) is 0 Å². The molecule has 1 amide bonds. The number of hydrogen-bond donors (Lipinski definition) is 0. The molecule has 6 nitrogen and oxygen atoms in total. The van der Waals surface area contributed by atoms with Crippen molar-refractivity contribution in [1.29, 1.82) is 0 Å². The molecule has 0 bridgehead atoms. The van der Waals surface area contributed by atoms with Crippen molar-refractivity contribution in [2.75, 3.05) is 33.4 Å². The minimum Gasteiger partial charge on any atom is -0.497 e. The van der Waals surface area contributed by atoms with Crippen molar-refractivity contribution in [3.05, 3.63) is 29.8 Å². The van der Waals surface area contributed by atoms with Crippen LogP contribution in [0.25, 0.3) is 0 Å². The number of nitrogens with zero attached hydrogens (tertiary/aromatic N) is 1. The van der Waals surface area contributed by atoms with Crippen molar-refractivity contribution in [2.45, 2.75) is 38.7 Å². The highest BCUT2D eigenvalue weighted by Gasteiger charge is 2.23. The molecule has 0 spiro atoms. The summed E-state index contributed by atoms with van der Waals surface area (Å²) < 4.78 is 15.7. The van der Waals surface area contributed by atoms with Gasteiger partial charge in [-0.05, 0) is 37.5 Å². The quantitative estimate of drug-likeness (QED) is 0.640. The van der Waals surface area contributed by atoms with Gasteiger partial charge in [0.05, 0.1) is 32.7 Å². The number of carbonyl (C=O) groups excluding carboxylic acids is 2. The topological polar surface area (TPSA) is 65.1 Å². The zero-order valence-electron chi connectivity index (χ0n) is 15.0. The van der Waals surface area contributed by atoms with Crippen LogP contribution in [0.15, 0.2) is 24.3 Å². The van der Waals surface area contributed by atoms with E-state index >= 15 is 0 Å². The second-order valence-electron chi connectivity index (χ2n) is 6.05. The molecule has 138 valence electrons. The molecular weight excluding hydrogens is 322 g/mol. The molecule has 6 heteroatoms. The SMILES string of the molecule is CCOC(=O)CCN(CC1CCCO1)C(=O)Cc1ccc(OC)cc1. The highest BCUT2D eigenvalue weighted by molar-refractivity contribution is 5.79. The highest BCUT2D eigenvalue weighted by Crippen LogP contribution is 2.16. The predicted molar refractivity (Wildman–Crippen MR) is 93.5 cm³/mol. The summed E-state index contributed by atoms with van der Waals surface area (Å²) in [5.74, 6) is 0.469. The van der Waals surface area contributed by atoms with E-state index in [1.807, 2.05) is 24.3 Å². The van der Waals surface area contributed by atoms with Crippen molar-refractivity contribution in [3.63, 3.8) is 0 Å². The maximum Gasteiger partial charge on any atom is 0.307 e. The summed E-state index contributed by atoms with van der Waals surface area (Å²) in [6.45, 7) is 3.74. The molecule has 1 saturated heterocycles. The molecule has 1 fully saturated rings. The van der Waals surface area contributed by atoms with E-state index in [1.165, 1.54) is 0 Å². The molecule has 1 aromatic rings. The normalized spacial score (nSPS) is 16.5. The summed E-state index contributed by atoms with van der Waals surface area (Å²) >= 11 is 0. The fourth-order valence-electron chi connectivity index (χ4n) is 2.84. The van der Waals surface area contributed by atoms with E-state index < -0.39 is 0 Å². The number of methoxy groups -OCH3 is 1. The lowest BCUT2D eigenvalue weighted by Crippen LogP contribution is -2.39. The van der Waals surface area contributed by atoms with Gasteiger partial charge in [-0.15, -0.1) is 0 Å². The third-order valence-electron chi connectivity index (χ3n) is 4.21. The number of esters is 1. The summed E-state index contributed by atoms with van der Waals surface area (Å²) in [5, 5.41) is 0. The van der Waals surface area contributed by atoms with E-state index in [4.69, 9.17) is 14.2 Å². The van der Waals surface area contributed by atoms with Crippen LogP contribution in [0.5, 0.6) is 5.75 Å². The lowest BCUT2D eigenvalue weighted by atomic mass is 10.1. The Morgan fingerprint density at radius 3 is 2.64 bits per heavy atom. The van der Waals surface area contributed by atoms with Crippen LogP contribution in [0, 0.1) is 0 Å². The summed E-state index contributed by atoms with van der Waals surface area (Å²) in [6, 6.07) is 7.44. The second kappa shape index (κ2) is 10.0. The first-order valence-corrected chi connectivity index (χ1v) is 8.80. The number of hydrogen-bond acceptors (Lipinski definition) is 5. The maximum absolute atomic E-state index is 12.7. The first kappa shape index (κ1) is 19.2. The van der Waals surface area contributed by atoms with Gasteiger partial charge < -0.3 is 19.1 Å². The van der Waals surface area contributed by atoms with Gasteiger partial charge in [-0.3, -0.25) is 9.59 Å². The standard InChI is InChI=1S/C19H27NO5/c1-3-24-19(22)10-11-20(14-17-5-4-12-25-17)18(21)13-15-6-8-16(23-2)9-7-15/h6-9,17H,3-5,10-14H2,1-2H3. The van der Waals surface area contributed by atoms with E-state index in [-0.39, 0.29) is 24.4 Å². The van der Waals surface area contributed by atoms with Gasteiger partial charge in [0.25, 0.3) is 0 Å². The van der Waals surface area contributed by atoms with Crippen LogP contribution in [0.2, 0.25) is 0 Å².